The molecule has 0 aromatic rings. The summed E-state index contributed by atoms with van der Waals surface area (Å²) < 4.78 is 11.3. The van der Waals surface area contributed by atoms with Crippen molar-refractivity contribution in [3.63, 3.8) is 0 Å². The van der Waals surface area contributed by atoms with Gasteiger partial charge in [0.2, 0.25) is 0 Å². The van der Waals surface area contributed by atoms with Crippen molar-refractivity contribution in [3.8, 4) is 0 Å². The minimum atomic E-state index is -5.04. The summed E-state index contributed by atoms with van der Waals surface area (Å²) in [6, 6.07) is -0.0657. The average Bonchev–Trinajstić information content (AvgIpc) is 2.24. The van der Waals surface area contributed by atoms with Crippen molar-refractivity contribution in [2.24, 2.45) is 17.6 Å². The molecule has 8 nitrogen and oxygen atoms in total. The fourth-order valence-corrected chi connectivity index (χ4v) is 3.68. The molecule has 110 valence electrons. The van der Waals surface area contributed by atoms with Gasteiger partial charge in [0.1, 0.15) is 0 Å². The van der Waals surface area contributed by atoms with Gasteiger partial charge in [0, 0.05) is 6.04 Å². The molecule has 1 fully saturated rings. The first kappa shape index (κ1) is 16.1. The third kappa shape index (κ3) is 4.01. The van der Waals surface area contributed by atoms with Gasteiger partial charge >= 0.3 is 19.5 Å². The Bertz CT molecular complexity index is 399. The number of carbonyl (C=O) groups is 2. The first-order valence-corrected chi connectivity index (χ1v) is 7.59. The van der Waals surface area contributed by atoms with Crippen LogP contribution in [0.1, 0.15) is 25.7 Å². The lowest BCUT2D eigenvalue weighted by Crippen LogP contribution is -2.42. The van der Waals surface area contributed by atoms with Crippen molar-refractivity contribution in [2.45, 2.75) is 37.4 Å². The number of rotatable bonds is 5. The molecular formula is C10H18NO7P. The quantitative estimate of drug-likeness (QED) is 0.437. The third-order valence-electron chi connectivity index (χ3n) is 3.57. The van der Waals surface area contributed by atoms with E-state index in [1.807, 2.05) is 0 Å². The van der Waals surface area contributed by atoms with Crippen LogP contribution in [0.2, 0.25) is 0 Å². The molecule has 1 saturated carbocycles. The molecule has 1 aliphatic carbocycles. The summed E-state index contributed by atoms with van der Waals surface area (Å²) >= 11 is 0. The Balaban J connectivity index is 3.02. The average molecular weight is 295 g/mol. The molecule has 0 radical (unpaired) electrons. The molecule has 0 bridgehead atoms. The van der Waals surface area contributed by atoms with E-state index in [-0.39, 0.29) is 6.04 Å². The smallest absolute Gasteiger partial charge is 0.340 e. The van der Waals surface area contributed by atoms with E-state index in [0.717, 1.165) is 0 Å². The molecule has 9 heteroatoms. The molecule has 2 atom stereocenters. The zero-order chi connectivity index (χ0) is 14.8. The lowest BCUT2D eigenvalue weighted by atomic mass is 9.77. The minimum Gasteiger partial charge on any atom is -0.481 e. The lowest BCUT2D eigenvalue weighted by Gasteiger charge is -2.33. The van der Waals surface area contributed by atoms with Crippen molar-refractivity contribution in [3.05, 3.63) is 0 Å². The fraction of sp³-hybridized carbons (Fsp3) is 0.800. The number of aliphatic carboxylic acids is 2. The van der Waals surface area contributed by atoms with Gasteiger partial charge in [-0.1, -0.05) is 0 Å². The first-order chi connectivity index (χ1) is 8.64. The van der Waals surface area contributed by atoms with Crippen LogP contribution in [0.25, 0.3) is 0 Å². The number of nitrogens with two attached hydrogens (primary N) is 1. The van der Waals surface area contributed by atoms with Crippen LogP contribution >= 0.6 is 7.60 Å². The van der Waals surface area contributed by atoms with Gasteiger partial charge in [-0.3, -0.25) is 14.2 Å². The van der Waals surface area contributed by atoms with Gasteiger partial charge in [-0.05, 0) is 31.6 Å². The van der Waals surface area contributed by atoms with Gasteiger partial charge in [0.05, 0.1) is 5.92 Å². The number of carboxylic acid groups (broad SMARTS) is 2. The molecule has 1 aliphatic rings. The third-order valence-corrected chi connectivity index (χ3v) is 4.83. The molecule has 1 rings (SSSR count). The second kappa shape index (κ2) is 6.00. The van der Waals surface area contributed by atoms with Gasteiger partial charge in [-0.2, -0.15) is 0 Å². The molecule has 6 N–H and O–H groups in total. The summed E-state index contributed by atoms with van der Waals surface area (Å²) in [7, 11) is -5.04. The summed E-state index contributed by atoms with van der Waals surface area (Å²) in [4.78, 5) is 40.4. The SMILES string of the molecule is NC1CCC(C(C(=O)O)C(C(=O)O)P(=O)(O)O)CC1. The molecular weight excluding hydrogens is 277 g/mol. The molecule has 0 spiro atoms. The predicted octanol–water partition coefficient (Wildman–Crippen LogP) is -0.164. The van der Waals surface area contributed by atoms with E-state index in [1.54, 1.807) is 0 Å². The monoisotopic (exact) mass is 295 g/mol. The highest BCUT2D eigenvalue weighted by molar-refractivity contribution is 7.53. The summed E-state index contributed by atoms with van der Waals surface area (Å²) in [6.45, 7) is 0. The van der Waals surface area contributed by atoms with Gasteiger partial charge in [-0.25, -0.2) is 0 Å². The highest BCUT2D eigenvalue weighted by Gasteiger charge is 2.49. The van der Waals surface area contributed by atoms with Crippen LogP contribution in [0.4, 0.5) is 0 Å². The number of hydrogen-bond acceptors (Lipinski definition) is 4. The van der Waals surface area contributed by atoms with Crippen LogP contribution in [0.5, 0.6) is 0 Å². The van der Waals surface area contributed by atoms with E-state index in [4.69, 9.17) is 25.7 Å². The van der Waals surface area contributed by atoms with Crippen molar-refractivity contribution in [1.29, 1.82) is 0 Å². The van der Waals surface area contributed by atoms with Gasteiger partial charge in [0.15, 0.2) is 5.66 Å². The summed E-state index contributed by atoms with van der Waals surface area (Å²) in [5, 5.41) is 18.1. The standard InChI is InChI=1S/C10H18NO7P/c11-6-3-1-5(2-4-6)7(9(12)13)8(10(14)15)19(16,17)18/h5-8H,1-4,11H2,(H,12,13)(H,14,15)(H2,16,17,18). The highest BCUT2D eigenvalue weighted by atomic mass is 31.2. The second-order valence-electron chi connectivity index (χ2n) is 4.91. The Hall–Kier alpha value is -0.950. The van der Waals surface area contributed by atoms with E-state index < -0.39 is 37.0 Å². The van der Waals surface area contributed by atoms with Crippen molar-refractivity contribution >= 4 is 19.5 Å². The molecule has 0 aromatic carbocycles. The van der Waals surface area contributed by atoms with E-state index in [2.05, 4.69) is 0 Å². The first-order valence-electron chi connectivity index (χ1n) is 5.91. The number of hydrogen-bond donors (Lipinski definition) is 5. The number of carboxylic acids is 2. The zero-order valence-electron chi connectivity index (χ0n) is 10.2. The topological polar surface area (TPSA) is 158 Å². The van der Waals surface area contributed by atoms with Crippen LogP contribution in [0.15, 0.2) is 0 Å². The molecule has 19 heavy (non-hydrogen) atoms. The molecule has 0 aliphatic heterocycles. The highest BCUT2D eigenvalue weighted by Crippen LogP contribution is 2.49. The van der Waals surface area contributed by atoms with Crippen molar-refractivity contribution in [2.75, 3.05) is 0 Å². The Morgan fingerprint density at radius 2 is 1.53 bits per heavy atom. The van der Waals surface area contributed by atoms with Crippen molar-refractivity contribution < 1.29 is 34.2 Å². The van der Waals surface area contributed by atoms with Gasteiger partial charge < -0.3 is 25.7 Å². The maximum atomic E-state index is 11.3. The Morgan fingerprint density at radius 3 is 1.84 bits per heavy atom. The van der Waals surface area contributed by atoms with Crippen LogP contribution in [-0.2, 0) is 14.2 Å². The van der Waals surface area contributed by atoms with E-state index in [0.29, 0.717) is 25.7 Å². The molecule has 2 unspecified atom stereocenters. The molecule has 0 heterocycles. The molecule has 0 aromatic heterocycles. The van der Waals surface area contributed by atoms with E-state index >= 15 is 0 Å². The van der Waals surface area contributed by atoms with Crippen LogP contribution < -0.4 is 5.73 Å². The Labute approximate surface area is 109 Å². The summed E-state index contributed by atoms with van der Waals surface area (Å²) in [5.41, 5.74) is 3.47. The van der Waals surface area contributed by atoms with Crippen LogP contribution in [0, 0.1) is 11.8 Å². The summed E-state index contributed by atoms with van der Waals surface area (Å²) in [5.74, 6) is -5.44. The second-order valence-corrected chi connectivity index (χ2v) is 6.65. The maximum absolute atomic E-state index is 11.3. The van der Waals surface area contributed by atoms with Crippen LogP contribution in [0.3, 0.4) is 0 Å². The van der Waals surface area contributed by atoms with Gasteiger partial charge in [-0.15, -0.1) is 0 Å². The van der Waals surface area contributed by atoms with Crippen LogP contribution in [-0.4, -0.2) is 43.6 Å². The fourth-order valence-electron chi connectivity index (χ4n) is 2.61. The maximum Gasteiger partial charge on any atom is 0.340 e. The van der Waals surface area contributed by atoms with Crippen molar-refractivity contribution in [1.82, 2.24) is 0 Å². The largest absolute Gasteiger partial charge is 0.481 e. The lowest BCUT2D eigenvalue weighted by molar-refractivity contribution is -0.150. The minimum absolute atomic E-state index is 0.0657. The predicted molar refractivity (Wildman–Crippen MR) is 64.5 cm³/mol. The van der Waals surface area contributed by atoms with E-state index in [1.165, 1.54) is 0 Å². The normalized spacial score (nSPS) is 27.5. The summed E-state index contributed by atoms with van der Waals surface area (Å²) in [6.07, 6.45) is 1.79. The Morgan fingerprint density at radius 1 is 1.05 bits per heavy atom. The zero-order valence-corrected chi connectivity index (χ0v) is 11.1. The Kier molecular flexibility index (Phi) is 5.09. The van der Waals surface area contributed by atoms with E-state index in [9.17, 15) is 14.2 Å². The molecule has 0 amide bonds. The van der Waals surface area contributed by atoms with Gasteiger partial charge in [0.25, 0.3) is 0 Å². The molecule has 0 saturated heterocycles.